The number of rotatable bonds is 6. The molecule has 5 nitrogen and oxygen atoms in total. The van der Waals surface area contributed by atoms with Gasteiger partial charge >= 0.3 is 0 Å². The van der Waals surface area contributed by atoms with Crippen LogP contribution >= 0.6 is 0 Å². The lowest BCUT2D eigenvalue weighted by molar-refractivity contribution is 0.587. The molecule has 21 heavy (non-hydrogen) atoms. The van der Waals surface area contributed by atoms with Crippen molar-refractivity contribution in [2.24, 2.45) is 0 Å². The van der Waals surface area contributed by atoms with Gasteiger partial charge in [-0.2, -0.15) is 0 Å². The first-order valence-electron chi connectivity index (χ1n) is 7.73. The molecule has 0 radical (unpaired) electrons. The van der Waals surface area contributed by atoms with Crippen LogP contribution in [0.25, 0.3) is 0 Å². The summed E-state index contributed by atoms with van der Waals surface area (Å²) >= 11 is 0. The summed E-state index contributed by atoms with van der Waals surface area (Å²) in [7, 11) is -3.19. The van der Waals surface area contributed by atoms with Crippen LogP contribution in [0.2, 0.25) is 0 Å². The molecule has 2 rings (SSSR count). The number of hydrogen-bond donors (Lipinski definition) is 1. The Kier molecular flexibility index (Phi) is 5.19. The van der Waals surface area contributed by atoms with Gasteiger partial charge in [0.2, 0.25) is 0 Å². The van der Waals surface area contributed by atoms with Gasteiger partial charge in [0.15, 0.2) is 9.84 Å². The van der Waals surface area contributed by atoms with Crippen LogP contribution in [0.15, 0.2) is 6.07 Å². The van der Waals surface area contributed by atoms with Crippen molar-refractivity contribution >= 4 is 15.7 Å². The molecular formula is C15H25N3O2S. The fourth-order valence-electron chi connectivity index (χ4n) is 2.63. The number of hydrogen-bond acceptors (Lipinski definition) is 5. The van der Waals surface area contributed by atoms with Crippen molar-refractivity contribution in [1.29, 1.82) is 0 Å². The Balaban J connectivity index is 2.36. The SMILES string of the molecule is CCCNc1cc(C2CCCC2)nc(C(C)S(C)(=O)=O)n1. The second-order valence-electron chi connectivity index (χ2n) is 5.92. The normalized spacial score (nSPS) is 17.9. The topological polar surface area (TPSA) is 72.0 Å². The highest BCUT2D eigenvalue weighted by atomic mass is 32.2. The molecular weight excluding hydrogens is 286 g/mol. The smallest absolute Gasteiger partial charge is 0.157 e. The van der Waals surface area contributed by atoms with E-state index in [2.05, 4.69) is 22.2 Å². The Morgan fingerprint density at radius 2 is 2.00 bits per heavy atom. The fraction of sp³-hybridized carbons (Fsp3) is 0.733. The van der Waals surface area contributed by atoms with Crippen LogP contribution in [0.5, 0.6) is 0 Å². The number of nitrogens with one attached hydrogen (secondary N) is 1. The Hall–Kier alpha value is -1.17. The van der Waals surface area contributed by atoms with E-state index in [0.29, 0.717) is 11.7 Å². The van der Waals surface area contributed by atoms with Gasteiger partial charge in [-0.05, 0) is 26.2 Å². The Morgan fingerprint density at radius 3 is 2.57 bits per heavy atom. The third kappa shape index (κ3) is 4.15. The van der Waals surface area contributed by atoms with E-state index in [4.69, 9.17) is 0 Å². The van der Waals surface area contributed by atoms with E-state index in [9.17, 15) is 8.42 Å². The first-order valence-corrected chi connectivity index (χ1v) is 9.69. The van der Waals surface area contributed by atoms with E-state index in [1.807, 2.05) is 6.07 Å². The highest BCUT2D eigenvalue weighted by Gasteiger charge is 2.25. The lowest BCUT2D eigenvalue weighted by atomic mass is 10.0. The first kappa shape index (κ1) is 16.2. The molecule has 1 atom stereocenters. The Labute approximate surface area is 127 Å². The van der Waals surface area contributed by atoms with Crippen molar-refractivity contribution in [3.8, 4) is 0 Å². The molecule has 118 valence electrons. The van der Waals surface area contributed by atoms with E-state index in [0.717, 1.165) is 37.3 Å². The van der Waals surface area contributed by atoms with Gasteiger partial charge < -0.3 is 5.32 Å². The predicted octanol–water partition coefficient (Wildman–Crippen LogP) is 3.06. The van der Waals surface area contributed by atoms with Gasteiger partial charge in [0.05, 0.1) is 0 Å². The highest BCUT2D eigenvalue weighted by Crippen LogP contribution is 2.34. The molecule has 6 heteroatoms. The average molecular weight is 311 g/mol. The number of aromatic nitrogens is 2. The van der Waals surface area contributed by atoms with Crippen molar-refractivity contribution in [2.75, 3.05) is 18.1 Å². The summed E-state index contributed by atoms with van der Waals surface area (Å²) < 4.78 is 23.6. The van der Waals surface area contributed by atoms with Gasteiger partial charge in [0, 0.05) is 30.5 Å². The molecule has 1 aliphatic rings. The summed E-state index contributed by atoms with van der Waals surface area (Å²) in [6.07, 6.45) is 6.96. The van der Waals surface area contributed by atoms with Crippen molar-refractivity contribution < 1.29 is 8.42 Å². The Bertz CT molecular complexity index is 581. The minimum atomic E-state index is -3.19. The third-order valence-electron chi connectivity index (χ3n) is 4.10. The largest absolute Gasteiger partial charge is 0.370 e. The minimum absolute atomic E-state index is 0.417. The van der Waals surface area contributed by atoms with Crippen LogP contribution in [0.3, 0.4) is 0 Å². The van der Waals surface area contributed by atoms with Gasteiger partial charge in [-0.1, -0.05) is 19.8 Å². The molecule has 1 saturated carbocycles. The summed E-state index contributed by atoms with van der Waals surface area (Å²) in [5, 5.41) is 2.59. The minimum Gasteiger partial charge on any atom is -0.370 e. The van der Waals surface area contributed by atoms with Gasteiger partial charge in [-0.25, -0.2) is 18.4 Å². The molecule has 1 unspecified atom stereocenters. The zero-order valence-corrected chi connectivity index (χ0v) is 13.9. The molecule has 0 bridgehead atoms. The van der Waals surface area contributed by atoms with Crippen molar-refractivity contribution in [3.05, 3.63) is 17.6 Å². The van der Waals surface area contributed by atoms with Crippen LogP contribution in [-0.4, -0.2) is 31.2 Å². The predicted molar refractivity (Wildman–Crippen MR) is 85.3 cm³/mol. The summed E-state index contributed by atoms with van der Waals surface area (Å²) in [6.45, 7) is 4.58. The van der Waals surface area contributed by atoms with E-state index < -0.39 is 15.1 Å². The summed E-state index contributed by atoms with van der Waals surface area (Å²) in [5.41, 5.74) is 0.992. The van der Waals surface area contributed by atoms with E-state index in [1.165, 1.54) is 19.1 Å². The lowest BCUT2D eigenvalue weighted by Crippen LogP contribution is -2.15. The number of sulfone groups is 1. The molecule has 0 saturated heterocycles. The van der Waals surface area contributed by atoms with Crippen LogP contribution in [0, 0.1) is 0 Å². The van der Waals surface area contributed by atoms with Crippen molar-refractivity contribution in [2.45, 2.75) is 57.1 Å². The lowest BCUT2D eigenvalue weighted by Gasteiger charge is -2.15. The third-order valence-corrected chi connectivity index (χ3v) is 5.59. The molecule has 0 spiro atoms. The number of nitrogens with zero attached hydrogens (tertiary/aromatic N) is 2. The molecule has 0 aromatic carbocycles. The maximum atomic E-state index is 11.8. The Morgan fingerprint density at radius 1 is 1.33 bits per heavy atom. The van der Waals surface area contributed by atoms with E-state index >= 15 is 0 Å². The second-order valence-corrected chi connectivity index (χ2v) is 8.28. The molecule has 0 aliphatic heterocycles. The first-order chi connectivity index (χ1) is 9.91. The van der Waals surface area contributed by atoms with Crippen LogP contribution in [0.4, 0.5) is 5.82 Å². The maximum absolute atomic E-state index is 11.8. The average Bonchev–Trinajstić information content (AvgIpc) is 2.97. The standard InChI is InChI=1S/C15H25N3O2S/c1-4-9-16-14-10-13(12-7-5-6-8-12)17-15(18-14)11(2)21(3,19)20/h10-12H,4-9H2,1-3H3,(H,16,17,18). The molecule has 1 aromatic heterocycles. The number of anilines is 1. The molecule has 1 N–H and O–H groups in total. The summed E-state index contributed by atoms with van der Waals surface area (Å²) in [5.74, 6) is 1.61. The van der Waals surface area contributed by atoms with Crippen LogP contribution in [0.1, 0.15) is 68.6 Å². The van der Waals surface area contributed by atoms with E-state index in [-0.39, 0.29) is 0 Å². The second kappa shape index (κ2) is 6.73. The molecule has 0 amide bonds. The van der Waals surface area contributed by atoms with Gasteiger partial charge in [-0.15, -0.1) is 0 Å². The maximum Gasteiger partial charge on any atom is 0.157 e. The summed E-state index contributed by atoms with van der Waals surface area (Å²) in [4.78, 5) is 8.97. The summed E-state index contributed by atoms with van der Waals surface area (Å²) in [6, 6.07) is 1.99. The van der Waals surface area contributed by atoms with E-state index in [1.54, 1.807) is 6.92 Å². The fourth-order valence-corrected chi connectivity index (χ4v) is 3.12. The van der Waals surface area contributed by atoms with Gasteiger partial charge in [0.25, 0.3) is 0 Å². The van der Waals surface area contributed by atoms with Crippen LogP contribution in [-0.2, 0) is 9.84 Å². The monoisotopic (exact) mass is 311 g/mol. The highest BCUT2D eigenvalue weighted by molar-refractivity contribution is 7.90. The van der Waals surface area contributed by atoms with Gasteiger partial charge in [0.1, 0.15) is 16.9 Å². The van der Waals surface area contributed by atoms with Gasteiger partial charge in [-0.3, -0.25) is 0 Å². The zero-order valence-electron chi connectivity index (χ0n) is 13.1. The molecule has 1 aliphatic carbocycles. The van der Waals surface area contributed by atoms with Crippen molar-refractivity contribution in [3.63, 3.8) is 0 Å². The van der Waals surface area contributed by atoms with Crippen molar-refractivity contribution in [1.82, 2.24) is 9.97 Å². The molecule has 1 aromatic rings. The quantitative estimate of drug-likeness (QED) is 0.874. The van der Waals surface area contributed by atoms with Crippen LogP contribution < -0.4 is 5.32 Å². The molecule has 1 fully saturated rings. The zero-order chi connectivity index (χ0) is 15.5. The molecule has 1 heterocycles.